The Bertz CT molecular complexity index is 781. The molecule has 1 N–H and O–H groups in total. The third kappa shape index (κ3) is 5.11. The Morgan fingerprint density at radius 3 is 2.56 bits per heavy atom. The fourth-order valence-corrected chi connectivity index (χ4v) is 2.70. The van der Waals surface area contributed by atoms with Crippen LogP contribution in [0.15, 0.2) is 42.5 Å². The lowest BCUT2D eigenvalue weighted by Gasteiger charge is -2.22. The summed E-state index contributed by atoms with van der Waals surface area (Å²) in [6, 6.07) is 12.0. The van der Waals surface area contributed by atoms with Gasteiger partial charge in [0.15, 0.2) is 0 Å². The van der Waals surface area contributed by atoms with Gasteiger partial charge in [-0.2, -0.15) is 0 Å². The number of hydrogen-bond acceptors (Lipinski definition) is 3. The van der Waals surface area contributed by atoms with Gasteiger partial charge in [0, 0.05) is 24.9 Å². The van der Waals surface area contributed by atoms with E-state index in [1.807, 2.05) is 6.07 Å². The van der Waals surface area contributed by atoms with Gasteiger partial charge in [-0.05, 0) is 30.3 Å². The number of para-hydroxylation sites is 2. The number of halogens is 2. The zero-order valence-corrected chi connectivity index (χ0v) is 15.4. The molecule has 0 aromatic heterocycles. The maximum atomic E-state index is 12.2. The molecular weight excluding hydrogens is 363 g/mol. The highest BCUT2D eigenvalue weighted by Gasteiger charge is 2.17. The minimum absolute atomic E-state index is 0.0977. The number of carbonyl (C=O) groups is 2. The summed E-state index contributed by atoms with van der Waals surface area (Å²) in [5.41, 5.74) is 1.05. The lowest BCUT2D eigenvalue weighted by atomic mass is 10.2. The smallest absolute Gasteiger partial charge is 0.226 e. The van der Waals surface area contributed by atoms with E-state index in [1.165, 1.54) is 18.9 Å². The van der Waals surface area contributed by atoms with Crippen LogP contribution in [0, 0.1) is 0 Å². The summed E-state index contributed by atoms with van der Waals surface area (Å²) in [7, 11) is 1.53. The van der Waals surface area contributed by atoms with Gasteiger partial charge in [-0.15, -0.1) is 0 Å². The zero-order chi connectivity index (χ0) is 18.4. The van der Waals surface area contributed by atoms with Crippen LogP contribution in [0.5, 0.6) is 5.75 Å². The van der Waals surface area contributed by atoms with Crippen LogP contribution in [0.4, 0.5) is 11.4 Å². The summed E-state index contributed by atoms with van der Waals surface area (Å²) in [6.45, 7) is 1.59. The van der Waals surface area contributed by atoms with E-state index < -0.39 is 0 Å². The summed E-state index contributed by atoms with van der Waals surface area (Å²) < 4.78 is 5.20. The first-order valence-corrected chi connectivity index (χ1v) is 8.34. The molecule has 25 heavy (non-hydrogen) atoms. The van der Waals surface area contributed by atoms with Crippen molar-refractivity contribution >= 4 is 46.4 Å². The number of methoxy groups -OCH3 is 1. The van der Waals surface area contributed by atoms with Gasteiger partial charge in [-0.25, -0.2) is 0 Å². The van der Waals surface area contributed by atoms with Crippen LogP contribution in [0.25, 0.3) is 0 Å². The van der Waals surface area contributed by atoms with E-state index in [0.29, 0.717) is 27.2 Å². The quantitative estimate of drug-likeness (QED) is 0.808. The Hall–Kier alpha value is -2.24. The molecule has 0 bridgehead atoms. The topological polar surface area (TPSA) is 58.6 Å². The Morgan fingerprint density at radius 1 is 1.16 bits per heavy atom. The molecule has 0 aliphatic rings. The molecule has 0 unspecified atom stereocenters. The number of amides is 2. The standard InChI is InChI=1S/C18H18Cl2N2O3/c1-12(23)22(16-11-13(19)7-8-14(16)20)10-9-18(24)21-15-5-3-4-6-17(15)25-2/h3-8,11H,9-10H2,1-2H3,(H,21,24). The minimum Gasteiger partial charge on any atom is -0.495 e. The van der Waals surface area contributed by atoms with E-state index in [0.717, 1.165) is 0 Å². The number of nitrogens with one attached hydrogen (secondary N) is 1. The van der Waals surface area contributed by atoms with Crippen LogP contribution in [0.1, 0.15) is 13.3 Å². The summed E-state index contributed by atoms with van der Waals surface area (Å²) in [4.78, 5) is 25.6. The van der Waals surface area contributed by atoms with E-state index in [1.54, 1.807) is 36.4 Å². The Kier molecular flexibility index (Phi) is 6.67. The van der Waals surface area contributed by atoms with Crippen LogP contribution in [0.2, 0.25) is 10.0 Å². The van der Waals surface area contributed by atoms with Gasteiger partial charge >= 0.3 is 0 Å². The van der Waals surface area contributed by atoms with Crippen molar-refractivity contribution in [3.8, 4) is 5.75 Å². The molecule has 2 aromatic rings. The first kappa shape index (κ1) is 19.1. The number of rotatable bonds is 6. The van der Waals surface area contributed by atoms with E-state index >= 15 is 0 Å². The summed E-state index contributed by atoms with van der Waals surface area (Å²) >= 11 is 12.1. The lowest BCUT2D eigenvalue weighted by molar-refractivity contribution is -0.117. The fraction of sp³-hybridized carbons (Fsp3) is 0.222. The number of hydrogen-bond donors (Lipinski definition) is 1. The van der Waals surface area contributed by atoms with Crippen molar-refractivity contribution in [3.63, 3.8) is 0 Å². The number of nitrogens with zero attached hydrogens (tertiary/aromatic N) is 1. The molecule has 0 heterocycles. The molecule has 2 rings (SSSR count). The van der Waals surface area contributed by atoms with Crippen molar-refractivity contribution in [2.75, 3.05) is 23.9 Å². The van der Waals surface area contributed by atoms with Gasteiger partial charge in [-0.1, -0.05) is 35.3 Å². The number of anilines is 2. The Balaban J connectivity index is 2.07. The number of benzene rings is 2. The second kappa shape index (κ2) is 8.74. The van der Waals surface area contributed by atoms with Crippen molar-refractivity contribution in [2.45, 2.75) is 13.3 Å². The monoisotopic (exact) mass is 380 g/mol. The highest BCUT2D eigenvalue weighted by Crippen LogP contribution is 2.29. The summed E-state index contributed by atoms with van der Waals surface area (Å²) in [6.07, 6.45) is 0.0977. The minimum atomic E-state index is -0.242. The second-order valence-electron chi connectivity index (χ2n) is 5.26. The van der Waals surface area contributed by atoms with E-state index in [4.69, 9.17) is 27.9 Å². The molecule has 0 spiro atoms. The first-order valence-electron chi connectivity index (χ1n) is 7.58. The molecule has 0 aliphatic carbocycles. The molecular formula is C18H18Cl2N2O3. The number of carbonyl (C=O) groups excluding carboxylic acids is 2. The largest absolute Gasteiger partial charge is 0.495 e. The maximum Gasteiger partial charge on any atom is 0.226 e. The van der Waals surface area contributed by atoms with Gasteiger partial charge in [0.25, 0.3) is 0 Å². The SMILES string of the molecule is COc1ccccc1NC(=O)CCN(C(C)=O)c1cc(Cl)ccc1Cl. The highest BCUT2D eigenvalue weighted by molar-refractivity contribution is 6.35. The lowest BCUT2D eigenvalue weighted by Crippen LogP contribution is -2.32. The van der Waals surface area contributed by atoms with Crippen molar-refractivity contribution in [1.82, 2.24) is 0 Å². The molecule has 0 saturated carbocycles. The first-order chi connectivity index (χ1) is 11.9. The average Bonchev–Trinajstić information content (AvgIpc) is 2.58. The zero-order valence-electron chi connectivity index (χ0n) is 13.9. The van der Waals surface area contributed by atoms with Gasteiger partial charge in [-0.3, -0.25) is 9.59 Å². The van der Waals surface area contributed by atoms with Crippen LogP contribution in [-0.2, 0) is 9.59 Å². The summed E-state index contributed by atoms with van der Waals surface area (Å²) in [5, 5.41) is 3.63. The predicted octanol–water partition coefficient (Wildman–Crippen LogP) is 4.38. The molecule has 2 amide bonds. The molecule has 2 aromatic carbocycles. The van der Waals surface area contributed by atoms with Gasteiger partial charge in [0.1, 0.15) is 5.75 Å². The molecule has 0 aliphatic heterocycles. The molecule has 0 atom stereocenters. The Morgan fingerprint density at radius 2 is 1.88 bits per heavy atom. The maximum absolute atomic E-state index is 12.2. The van der Waals surface area contributed by atoms with Crippen LogP contribution >= 0.6 is 23.2 Å². The van der Waals surface area contributed by atoms with Gasteiger partial charge in [0.05, 0.1) is 23.5 Å². The molecule has 132 valence electrons. The summed E-state index contributed by atoms with van der Waals surface area (Å²) in [5.74, 6) is 0.0975. The fourth-order valence-electron chi connectivity index (χ4n) is 2.31. The van der Waals surface area contributed by atoms with Gasteiger partial charge < -0.3 is 15.0 Å². The molecule has 0 saturated heterocycles. The highest BCUT2D eigenvalue weighted by atomic mass is 35.5. The predicted molar refractivity (Wildman–Crippen MR) is 101 cm³/mol. The van der Waals surface area contributed by atoms with E-state index in [-0.39, 0.29) is 24.8 Å². The molecule has 5 nitrogen and oxygen atoms in total. The number of ether oxygens (including phenoxy) is 1. The third-order valence-corrected chi connectivity index (χ3v) is 4.08. The van der Waals surface area contributed by atoms with E-state index in [9.17, 15) is 9.59 Å². The normalized spacial score (nSPS) is 10.2. The van der Waals surface area contributed by atoms with Crippen molar-refractivity contribution in [2.24, 2.45) is 0 Å². The van der Waals surface area contributed by atoms with Gasteiger partial charge in [0.2, 0.25) is 11.8 Å². The van der Waals surface area contributed by atoms with Crippen molar-refractivity contribution < 1.29 is 14.3 Å². The van der Waals surface area contributed by atoms with Crippen LogP contribution in [-0.4, -0.2) is 25.5 Å². The van der Waals surface area contributed by atoms with Crippen LogP contribution < -0.4 is 15.0 Å². The van der Waals surface area contributed by atoms with Crippen molar-refractivity contribution in [1.29, 1.82) is 0 Å². The van der Waals surface area contributed by atoms with E-state index in [2.05, 4.69) is 5.32 Å². The van der Waals surface area contributed by atoms with Crippen LogP contribution in [0.3, 0.4) is 0 Å². The van der Waals surface area contributed by atoms with Crippen molar-refractivity contribution in [3.05, 3.63) is 52.5 Å². The molecule has 0 fully saturated rings. The molecule has 0 radical (unpaired) electrons. The second-order valence-corrected chi connectivity index (χ2v) is 6.11. The molecule has 7 heteroatoms. The third-order valence-electron chi connectivity index (χ3n) is 3.52. The Labute approximate surface area is 156 Å². The average molecular weight is 381 g/mol.